The lowest BCUT2D eigenvalue weighted by Crippen LogP contribution is -2.34. The van der Waals surface area contributed by atoms with Gasteiger partial charge >= 0.3 is 5.97 Å². The van der Waals surface area contributed by atoms with Crippen LogP contribution in [0.5, 0.6) is 0 Å². The molecule has 0 aliphatic carbocycles. The number of carboxylic acids is 1. The highest BCUT2D eigenvalue weighted by Gasteiger charge is 2.36. The number of benzene rings is 1. The summed E-state index contributed by atoms with van der Waals surface area (Å²) >= 11 is 3.22. The van der Waals surface area contributed by atoms with Crippen molar-refractivity contribution in [2.45, 2.75) is 10.9 Å². The quantitative estimate of drug-likeness (QED) is 0.847. The fraction of sp³-hybridized carbons (Fsp3) is 0.100. The van der Waals surface area contributed by atoms with Crippen molar-refractivity contribution in [3.05, 3.63) is 33.1 Å². The molecule has 0 bridgehead atoms. The molecule has 5 nitrogen and oxygen atoms in total. The lowest BCUT2D eigenvalue weighted by Gasteiger charge is -2.07. The molecule has 3 N–H and O–H groups in total. The van der Waals surface area contributed by atoms with E-state index in [2.05, 4.69) is 15.9 Å². The first-order valence-electron chi connectivity index (χ1n) is 4.59. The smallest absolute Gasteiger partial charge is 0.325 e. The summed E-state index contributed by atoms with van der Waals surface area (Å²) in [6, 6.07) is 3.14. The molecule has 1 aliphatic rings. The molecule has 1 unspecified atom stereocenters. The molecule has 1 aromatic carbocycles. The van der Waals surface area contributed by atoms with Gasteiger partial charge in [-0.1, -0.05) is 22.0 Å². The lowest BCUT2D eigenvalue weighted by atomic mass is 10.2. The molecule has 0 fully saturated rings. The Labute approximate surface area is 106 Å². The summed E-state index contributed by atoms with van der Waals surface area (Å²) < 4.78 is 24.7. The SMILES string of the molecule is NC(C(=O)O)C1=Cc2c(Br)cccc2S1(=O)=O. The van der Waals surface area contributed by atoms with Gasteiger partial charge in [-0.3, -0.25) is 4.79 Å². The van der Waals surface area contributed by atoms with Crippen molar-refractivity contribution in [2.24, 2.45) is 5.73 Å². The van der Waals surface area contributed by atoms with Crippen LogP contribution in [-0.4, -0.2) is 25.5 Å². The average molecular weight is 318 g/mol. The van der Waals surface area contributed by atoms with Gasteiger partial charge in [-0.15, -0.1) is 0 Å². The summed E-state index contributed by atoms with van der Waals surface area (Å²) in [7, 11) is -3.79. The number of rotatable bonds is 2. The fourth-order valence-electron chi connectivity index (χ4n) is 1.62. The van der Waals surface area contributed by atoms with Crippen molar-refractivity contribution in [3.63, 3.8) is 0 Å². The van der Waals surface area contributed by atoms with Gasteiger partial charge < -0.3 is 10.8 Å². The number of hydrogen-bond donors (Lipinski definition) is 2. The van der Waals surface area contributed by atoms with E-state index in [4.69, 9.17) is 10.8 Å². The lowest BCUT2D eigenvalue weighted by molar-refractivity contribution is -0.137. The van der Waals surface area contributed by atoms with Gasteiger partial charge in [0, 0.05) is 10.0 Å². The maximum atomic E-state index is 12.0. The molecule has 1 atom stereocenters. The number of fused-ring (bicyclic) bond motifs is 1. The Balaban J connectivity index is 2.67. The van der Waals surface area contributed by atoms with Gasteiger partial charge in [-0.2, -0.15) is 0 Å². The van der Waals surface area contributed by atoms with E-state index in [0.717, 1.165) is 0 Å². The van der Waals surface area contributed by atoms with Crippen LogP contribution in [0.3, 0.4) is 0 Å². The summed E-state index contributed by atoms with van der Waals surface area (Å²) in [4.78, 5) is 10.6. The Hall–Kier alpha value is -1.18. The van der Waals surface area contributed by atoms with Crippen LogP contribution in [0, 0.1) is 0 Å². The predicted octanol–water partition coefficient (Wildman–Crippen LogP) is 0.989. The second kappa shape index (κ2) is 3.94. The van der Waals surface area contributed by atoms with Gasteiger partial charge in [-0.05, 0) is 18.2 Å². The molecule has 0 saturated carbocycles. The Morgan fingerprint density at radius 3 is 2.59 bits per heavy atom. The molecule has 0 saturated heterocycles. The summed E-state index contributed by atoms with van der Waals surface area (Å²) in [5, 5.41) is 8.78. The minimum absolute atomic E-state index is 0.0820. The van der Waals surface area contributed by atoms with Crippen LogP contribution >= 0.6 is 15.9 Å². The fourth-order valence-corrected chi connectivity index (χ4v) is 3.91. The predicted molar refractivity (Wildman–Crippen MR) is 64.9 cm³/mol. The average Bonchev–Trinajstić information content (AvgIpc) is 2.51. The van der Waals surface area contributed by atoms with Gasteiger partial charge in [0.25, 0.3) is 0 Å². The Kier molecular flexibility index (Phi) is 2.84. The number of hydrogen-bond acceptors (Lipinski definition) is 4. The molecular weight excluding hydrogens is 310 g/mol. The normalized spacial score (nSPS) is 18.4. The van der Waals surface area contributed by atoms with Crippen molar-refractivity contribution < 1.29 is 18.3 Å². The maximum Gasteiger partial charge on any atom is 0.325 e. The van der Waals surface area contributed by atoms with Crippen LogP contribution in [0.15, 0.2) is 32.5 Å². The topological polar surface area (TPSA) is 97.5 Å². The summed E-state index contributed by atoms with van der Waals surface area (Å²) in [5.74, 6) is -1.37. The molecule has 7 heteroatoms. The van der Waals surface area contributed by atoms with Crippen molar-refractivity contribution in [1.82, 2.24) is 0 Å². The minimum Gasteiger partial charge on any atom is -0.480 e. The van der Waals surface area contributed by atoms with Crippen LogP contribution in [0.1, 0.15) is 5.56 Å². The second-order valence-corrected chi connectivity index (χ2v) is 6.29. The van der Waals surface area contributed by atoms with Crippen molar-refractivity contribution in [2.75, 3.05) is 0 Å². The molecule has 0 amide bonds. The third kappa shape index (κ3) is 1.80. The number of nitrogens with two attached hydrogens (primary N) is 1. The highest BCUT2D eigenvalue weighted by atomic mass is 79.9. The van der Waals surface area contributed by atoms with E-state index < -0.39 is 21.8 Å². The monoisotopic (exact) mass is 317 g/mol. The highest BCUT2D eigenvalue weighted by Crippen LogP contribution is 2.37. The van der Waals surface area contributed by atoms with Gasteiger partial charge in [-0.25, -0.2) is 8.42 Å². The minimum atomic E-state index is -3.79. The molecule has 2 rings (SSSR count). The largest absolute Gasteiger partial charge is 0.480 e. The van der Waals surface area contributed by atoms with E-state index in [1.54, 1.807) is 12.1 Å². The third-order valence-corrected chi connectivity index (χ3v) is 5.09. The first kappa shape index (κ1) is 12.3. The van der Waals surface area contributed by atoms with E-state index in [-0.39, 0.29) is 9.80 Å². The molecule has 1 aromatic rings. The Morgan fingerprint density at radius 2 is 2.06 bits per heavy atom. The zero-order valence-electron chi connectivity index (χ0n) is 8.42. The zero-order chi connectivity index (χ0) is 12.8. The van der Waals surface area contributed by atoms with Gasteiger partial charge in [0.05, 0.1) is 9.80 Å². The van der Waals surface area contributed by atoms with Crippen molar-refractivity contribution in [1.29, 1.82) is 0 Å². The third-order valence-electron chi connectivity index (χ3n) is 2.47. The van der Waals surface area contributed by atoms with Crippen LogP contribution in [0.2, 0.25) is 0 Å². The number of halogens is 1. The molecule has 90 valence electrons. The summed E-state index contributed by atoms with van der Waals surface area (Å²) in [5.41, 5.74) is 5.81. The van der Waals surface area contributed by atoms with Gasteiger partial charge in [0.15, 0.2) is 0 Å². The van der Waals surface area contributed by atoms with E-state index in [9.17, 15) is 13.2 Å². The molecular formula is C10H8BrNO4S. The number of aliphatic carboxylic acids is 1. The van der Waals surface area contributed by atoms with Crippen molar-refractivity contribution >= 4 is 37.8 Å². The first-order chi connectivity index (χ1) is 7.85. The molecule has 0 radical (unpaired) electrons. The number of sulfone groups is 1. The molecule has 0 aromatic heterocycles. The van der Waals surface area contributed by atoms with Crippen LogP contribution in [0.4, 0.5) is 0 Å². The standard InChI is InChI=1S/C10H8BrNO4S/c11-6-2-1-3-7-5(6)4-8(17(7,15)16)9(12)10(13)14/h1-4,9H,12H2,(H,13,14). The van der Waals surface area contributed by atoms with E-state index in [1.807, 2.05) is 0 Å². The summed E-state index contributed by atoms with van der Waals surface area (Å²) in [6.07, 6.45) is 1.30. The molecule has 0 spiro atoms. The number of carbonyl (C=O) groups is 1. The first-order valence-corrected chi connectivity index (χ1v) is 6.87. The van der Waals surface area contributed by atoms with Crippen LogP contribution in [0.25, 0.3) is 6.08 Å². The molecule has 1 aliphatic heterocycles. The van der Waals surface area contributed by atoms with Gasteiger partial charge in [0.1, 0.15) is 6.04 Å². The van der Waals surface area contributed by atoms with E-state index >= 15 is 0 Å². The van der Waals surface area contributed by atoms with E-state index in [1.165, 1.54) is 12.1 Å². The Bertz CT molecular complexity index is 636. The van der Waals surface area contributed by atoms with Crippen LogP contribution < -0.4 is 5.73 Å². The highest BCUT2D eigenvalue weighted by molar-refractivity contribution is 9.10. The molecule has 1 heterocycles. The molecule has 17 heavy (non-hydrogen) atoms. The number of carboxylic acid groups (broad SMARTS) is 1. The second-order valence-electron chi connectivity index (χ2n) is 3.52. The van der Waals surface area contributed by atoms with Crippen LogP contribution in [-0.2, 0) is 14.6 Å². The van der Waals surface area contributed by atoms with Crippen molar-refractivity contribution in [3.8, 4) is 0 Å². The Morgan fingerprint density at radius 1 is 1.41 bits per heavy atom. The zero-order valence-corrected chi connectivity index (χ0v) is 10.8. The van der Waals surface area contributed by atoms with Gasteiger partial charge in [0.2, 0.25) is 9.84 Å². The maximum absolute atomic E-state index is 12.0. The summed E-state index contributed by atoms with van der Waals surface area (Å²) in [6.45, 7) is 0. The van der Waals surface area contributed by atoms with E-state index in [0.29, 0.717) is 10.0 Å².